The van der Waals surface area contributed by atoms with Crippen LogP contribution in [0.3, 0.4) is 0 Å². The Morgan fingerprint density at radius 1 is 1.00 bits per heavy atom. The van der Waals surface area contributed by atoms with Crippen LogP contribution in [0, 0.1) is 6.92 Å². The smallest absolute Gasteiger partial charge is 0.336 e. The van der Waals surface area contributed by atoms with Gasteiger partial charge in [-0.15, -0.1) is 0 Å². The Kier molecular flexibility index (Phi) is 9.95. The van der Waals surface area contributed by atoms with Crippen LogP contribution >= 0.6 is 34.8 Å². The standard InChI is InChI=1S/C24H21Cl3F6N2O2/c1-11-6-13(4-5-15(11)22(37)35-12(2)34-20(36)10-24(31,32)33)19(28)9-16(23(3,29)30)14-7-17(25)21(27)18(26)8-14/h4-9,12,16H,10H2,1-3H3,(H,34,36)(H,35,37)/b19-9-. The molecule has 0 radical (unpaired) electrons. The van der Waals surface area contributed by atoms with E-state index in [1.165, 1.54) is 32.0 Å². The number of rotatable bonds is 8. The van der Waals surface area contributed by atoms with Crippen molar-refractivity contribution in [1.82, 2.24) is 10.6 Å². The number of allylic oxidation sites excluding steroid dienone is 1. The van der Waals surface area contributed by atoms with Crippen LogP contribution in [0.15, 0.2) is 36.4 Å². The van der Waals surface area contributed by atoms with E-state index in [2.05, 4.69) is 5.32 Å². The molecule has 2 unspecified atom stereocenters. The molecule has 2 N–H and O–H groups in total. The highest BCUT2D eigenvalue weighted by Crippen LogP contribution is 2.41. The first-order chi connectivity index (χ1) is 16.9. The Hall–Kier alpha value is -2.43. The summed E-state index contributed by atoms with van der Waals surface area (Å²) in [6.07, 6.45) is -6.85. The van der Waals surface area contributed by atoms with Gasteiger partial charge in [0.2, 0.25) is 5.91 Å². The molecule has 0 bridgehead atoms. The summed E-state index contributed by atoms with van der Waals surface area (Å²) in [5, 5.41) is 4.10. The first-order valence-electron chi connectivity index (χ1n) is 10.6. The second-order valence-corrected chi connectivity index (χ2v) is 9.52. The Bertz CT molecular complexity index is 1190. The van der Waals surface area contributed by atoms with Crippen LogP contribution in [0.4, 0.5) is 26.3 Å². The van der Waals surface area contributed by atoms with Gasteiger partial charge in [0.05, 0.1) is 27.2 Å². The zero-order chi connectivity index (χ0) is 28.3. The molecule has 0 spiro atoms. The number of nitrogens with one attached hydrogen (secondary N) is 2. The van der Waals surface area contributed by atoms with E-state index in [4.69, 9.17) is 34.8 Å². The summed E-state index contributed by atoms with van der Waals surface area (Å²) >= 11 is 17.7. The number of halogens is 9. The molecular formula is C24H21Cl3F6N2O2. The molecule has 0 aromatic heterocycles. The third-order valence-corrected chi connectivity index (χ3v) is 6.25. The first-order valence-corrected chi connectivity index (χ1v) is 11.7. The fourth-order valence-corrected chi connectivity index (χ4v) is 4.00. The van der Waals surface area contributed by atoms with Crippen LogP contribution < -0.4 is 10.6 Å². The molecular weight excluding hydrogens is 569 g/mol. The lowest BCUT2D eigenvalue weighted by Gasteiger charge is -2.22. The second kappa shape index (κ2) is 12.0. The van der Waals surface area contributed by atoms with E-state index in [9.17, 15) is 31.5 Å². The van der Waals surface area contributed by atoms with Crippen LogP contribution in [0.2, 0.25) is 15.1 Å². The van der Waals surface area contributed by atoms with Crippen molar-refractivity contribution < 1.29 is 35.9 Å². The fraction of sp³-hybridized carbons (Fsp3) is 0.333. The van der Waals surface area contributed by atoms with Crippen molar-refractivity contribution >= 4 is 52.4 Å². The van der Waals surface area contributed by atoms with E-state index in [1.54, 1.807) is 0 Å². The summed E-state index contributed by atoms with van der Waals surface area (Å²) in [6, 6.07) is 5.95. The maximum Gasteiger partial charge on any atom is 0.397 e. The van der Waals surface area contributed by atoms with Gasteiger partial charge in [-0.3, -0.25) is 9.59 Å². The highest BCUT2D eigenvalue weighted by molar-refractivity contribution is 6.48. The summed E-state index contributed by atoms with van der Waals surface area (Å²) in [5.74, 6) is -8.28. The number of alkyl halides is 5. The van der Waals surface area contributed by atoms with E-state index in [0.717, 1.165) is 12.1 Å². The van der Waals surface area contributed by atoms with E-state index in [1.807, 2.05) is 5.32 Å². The van der Waals surface area contributed by atoms with Gasteiger partial charge in [0.15, 0.2) is 0 Å². The Labute approximate surface area is 224 Å². The molecule has 2 atom stereocenters. The van der Waals surface area contributed by atoms with Crippen molar-refractivity contribution in [2.75, 3.05) is 0 Å². The maximum absolute atomic E-state index is 15.1. The summed E-state index contributed by atoms with van der Waals surface area (Å²) in [6.45, 7) is 3.31. The molecule has 37 heavy (non-hydrogen) atoms. The molecule has 13 heteroatoms. The minimum Gasteiger partial charge on any atom is -0.336 e. The lowest BCUT2D eigenvalue weighted by Crippen LogP contribution is -2.46. The largest absolute Gasteiger partial charge is 0.397 e. The highest BCUT2D eigenvalue weighted by atomic mass is 35.5. The van der Waals surface area contributed by atoms with E-state index < -0.39 is 48.2 Å². The van der Waals surface area contributed by atoms with Crippen molar-refractivity contribution in [2.45, 2.75) is 51.4 Å². The number of carbonyl (C=O) groups excluding carboxylic acids is 2. The molecule has 2 aromatic rings. The molecule has 0 heterocycles. The van der Waals surface area contributed by atoms with Gasteiger partial charge in [0.1, 0.15) is 12.2 Å². The Morgan fingerprint density at radius 2 is 1.57 bits per heavy atom. The lowest BCUT2D eigenvalue weighted by molar-refractivity contribution is -0.154. The molecule has 2 amide bonds. The summed E-state index contributed by atoms with van der Waals surface area (Å²) < 4.78 is 80.7. The number of benzene rings is 2. The minimum atomic E-state index is -4.70. The van der Waals surface area contributed by atoms with Crippen LogP contribution in [0.5, 0.6) is 0 Å². The van der Waals surface area contributed by atoms with Crippen LogP contribution in [-0.4, -0.2) is 30.1 Å². The third kappa shape index (κ3) is 8.83. The Balaban J connectivity index is 2.26. The normalized spacial score (nSPS) is 14.2. The quantitative estimate of drug-likeness (QED) is 0.187. The summed E-state index contributed by atoms with van der Waals surface area (Å²) in [4.78, 5) is 23.9. The molecule has 0 aliphatic carbocycles. The van der Waals surface area contributed by atoms with E-state index in [0.29, 0.717) is 13.0 Å². The predicted octanol–water partition coefficient (Wildman–Crippen LogP) is 7.85. The molecule has 2 rings (SSSR count). The monoisotopic (exact) mass is 588 g/mol. The zero-order valence-corrected chi connectivity index (χ0v) is 21.8. The third-order valence-electron chi connectivity index (χ3n) is 5.06. The zero-order valence-electron chi connectivity index (χ0n) is 19.5. The van der Waals surface area contributed by atoms with Gasteiger partial charge in [-0.25, -0.2) is 13.2 Å². The van der Waals surface area contributed by atoms with E-state index in [-0.39, 0.29) is 37.3 Å². The summed E-state index contributed by atoms with van der Waals surface area (Å²) in [5.41, 5.74) is 0.0872. The predicted molar refractivity (Wildman–Crippen MR) is 131 cm³/mol. The highest BCUT2D eigenvalue weighted by Gasteiger charge is 2.35. The van der Waals surface area contributed by atoms with Gasteiger partial charge in [-0.2, -0.15) is 13.2 Å². The van der Waals surface area contributed by atoms with Crippen LogP contribution in [0.1, 0.15) is 53.2 Å². The average Bonchev–Trinajstić information content (AvgIpc) is 2.72. The van der Waals surface area contributed by atoms with Crippen molar-refractivity contribution in [3.05, 3.63) is 73.7 Å². The molecule has 0 fully saturated rings. The van der Waals surface area contributed by atoms with Crippen molar-refractivity contribution in [3.63, 3.8) is 0 Å². The van der Waals surface area contributed by atoms with Crippen molar-refractivity contribution in [1.29, 1.82) is 0 Å². The Morgan fingerprint density at radius 3 is 2.05 bits per heavy atom. The van der Waals surface area contributed by atoms with Gasteiger partial charge in [-0.05, 0) is 55.3 Å². The molecule has 0 saturated heterocycles. The van der Waals surface area contributed by atoms with Crippen molar-refractivity contribution in [3.8, 4) is 0 Å². The van der Waals surface area contributed by atoms with Crippen LogP contribution in [0.25, 0.3) is 5.83 Å². The number of aryl methyl sites for hydroxylation is 1. The maximum atomic E-state index is 15.1. The van der Waals surface area contributed by atoms with Crippen molar-refractivity contribution in [2.24, 2.45) is 0 Å². The fourth-order valence-electron chi connectivity index (χ4n) is 3.38. The molecule has 2 aromatic carbocycles. The molecule has 4 nitrogen and oxygen atoms in total. The molecule has 202 valence electrons. The SMILES string of the molecule is Cc1cc(/C(F)=C/C(c2cc(Cl)c(Cl)c(Cl)c2)C(C)(F)F)ccc1C(=O)NC(C)NC(=O)CC(F)(F)F. The first kappa shape index (κ1) is 30.8. The van der Waals surface area contributed by atoms with Gasteiger partial charge in [-0.1, -0.05) is 40.9 Å². The minimum absolute atomic E-state index is 0.0297. The summed E-state index contributed by atoms with van der Waals surface area (Å²) in [7, 11) is 0. The molecule has 0 aliphatic rings. The number of hydrogen-bond donors (Lipinski definition) is 2. The second-order valence-electron chi connectivity index (χ2n) is 8.33. The van der Waals surface area contributed by atoms with Gasteiger partial charge >= 0.3 is 6.18 Å². The molecule has 0 aliphatic heterocycles. The van der Waals surface area contributed by atoms with E-state index >= 15 is 4.39 Å². The average molecular weight is 590 g/mol. The number of hydrogen-bond acceptors (Lipinski definition) is 2. The lowest BCUT2D eigenvalue weighted by atomic mass is 9.91. The van der Waals surface area contributed by atoms with Gasteiger partial charge in [0, 0.05) is 18.1 Å². The van der Waals surface area contributed by atoms with Crippen LogP contribution in [-0.2, 0) is 4.79 Å². The molecule has 0 saturated carbocycles. The number of amides is 2. The topological polar surface area (TPSA) is 58.2 Å². The van der Waals surface area contributed by atoms with Gasteiger partial charge in [0.25, 0.3) is 11.8 Å². The number of carbonyl (C=O) groups is 2. The van der Waals surface area contributed by atoms with Gasteiger partial charge < -0.3 is 10.6 Å².